The zero-order valence-corrected chi connectivity index (χ0v) is 19.7. The van der Waals surface area contributed by atoms with Crippen molar-refractivity contribution in [2.75, 3.05) is 0 Å². The van der Waals surface area contributed by atoms with Crippen molar-refractivity contribution >= 4 is 8.70 Å². The number of hydrogen-bond donors (Lipinski definition) is 0. The Labute approximate surface area is 176 Å². The molecule has 0 nitrogen and oxygen atoms in total. The molecule has 26 heavy (non-hydrogen) atoms. The molecule has 0 bridgehead atoms. The maximum absolute atomic E-state index is 2.54. The second-order valence-corrected chi connectivity index (χ2v) is 22.3. The van der Waals surface area contributed by atoms with Crippen LogP contribution in [0.25, 0.3) is 11.1 Å². The molecule has 0 unspecified atom stereocenters. The molecule has 0 amide bonds. The maximum atomic E-state index is 2.54. The van der Waals surface area contributed by atoms with Crippen molar-refractivity contribution in [3.8, 4) is 11.1 Å². The molecule has 132 valence electrons. The van der Waals surface area contributed by atoms with Gasteiger partial charge in [-0.3, -0.25) is 0 Å². The Bertz CT molecular complexity index is 919. The Balaban J connectivity index is 0.000000980. The van der Waals surface area contributed by atoms with Crippen LogP contribution >= 0.6 is 0 Å². The normalized spacial score (nSPS) is 16.1. The Morgan fingerprint density at radius 2 is 1.62 bits per heavy atom. The first kappa shape index (κ1) is 20.3. The molecule has 0 N–H and O–H groups in total. The van der Waals surface area contributed by atoms with E-state index < -0.39 is 20.4 Å². The topological polar surface area (TPSA) is 0 Å². The zero-order valence-electron chi connectivity index (χ0n) is 14.8. The van der Waals surface area contributed by atoms with Crippen molar-refractivity contribution in [2.24, 2.45) is 0 Å². The first-order chi connectivity index (χ1) is 11.9. The largest absolute Gasteiger partial charge is 1.00 e. The standard InChI is InChI=1S/C13H9.C5H5.C4H8Si.2ClH.Zr/c1-3-7-12-10(5-1)9-11-6-2-4-8-13(11)12;2*1-2-4-5-3-1;;;/h1-5,7-8H,9H2;1-3H,4H2;1-4H2;2*1H;/q;;;;;+2/p-2. The summed E-state index contributed by atoms with van der Waals surface area (Å²) in [6, 6.07) is 19.5. The molecule has 2 aliphatic carbocycles. The van der Waals surface area contributed by atoms with E-state index in [4.69, 9.17) is 0 Å². The van der Waals surface area contributed by atoms with Crippen LogP contribution in [-0.4, -0.2) is 5.43 Å². The molecule has 1 fully saturated rings. The third-order valence-electron chi connectivity index (χ3n) is 5.77. The molecule has 0 saturated carbocycles. The van der Waals surface area contributed by atoms with Gasteiger partial charge in [0, 0.05) is 0 Å². The summed E-state index contributed by atoms with van der Waals surface area (Å²) in [5.41, 5.74) is 6.20. The summed E-state index contributed by atoms with van der Waals surface area (Å²) in [6.45, 7) is 0. The van der Waals surface area contributed by atoms with E-state index in [-0.39, 0.29) is 30.2 Å². The molecule has 3 aliphatic rings. The van der Waals surface area contributed by atoms with Gasteiger partial charge in [0.1, 0.15) is 0 Å². The minimum Gasteiger partial charge on any atom is -1.00 e. The molecule has 5 rings (SSSR count). The number of rotatable bonds is 2. The third-order valence-corrected chi connectivity index (χ3v) is 25.8. The minimum absolute atomic E-state index is 0. The van der Waals surface area contributed by atoms with Crippen molar-refractivity contribution in [1.29, 1.82) is 0 Å². The van der Waals surface area contributed by atoms with Gasteiger partial charge < -0.3 is 24.8 Å². The van der Waals surface area contributed by atoms with E-state index in [1.807, 2.05) is 6.55 Å². The monoisotopic (exact) mass is 474 g/mol. The fraction of sp³-hybridized carbons (Fsp3) is 0.273. The summed E-state index contributed by atoms with van der Waals surface area (Å²) >= 11 is -1.68. The molecule has 1 aliphatic heterocycles. The Morgan fingerprint density at radius 3 is 2.38 bits per heavy atom. The second-order valence-electron chi connectivity index (χ2n) is 7.18. The number of halogens is 2. The second kappa shape index (κ2) is 8.74. The van der Waals surface area contributed by atoms with Crippen LogP contribution in [0.4, 0.5) is 0 Å². The average Bonchev–Trinajstić information content (AvgIpc) is 3.37. The van der Waals surface area contributed by atoms with Gasteiger partial charge in [-0.05, 0) is 0 Å². The molecular formula is C22H22Cl2SiZr. The van der Waals surface area contributed by atoms with Crippen molar-refractivity contribution in [1.82, 2.24) is 0 Å². The van der Waals surface area contributed by atoms with Crippen LogP contribution in [0.1, 0.15) is 30.4 Å². The fourth-order valence-corrected chi connectivity index (χ4v) is 26.8. The van der Waals surface area contributed by atoms with Gasteiger partial charge in [-0.25, -0.2) is 0 Å². The predicted molar refractivity (Wildman–Crippen MR) is 101 cm³/mol. The van der Waals surface area contributed by atoms with E-state index in [9.17, 15) is 0 Å². The van der Waals surface area contributed by atoms with E-state index >= 15 is 0 Å². The van der Waals surface area contributed by atoms with Crippen molar-refractivity contribution < 1.29 is 45.2 Å². The van der Waals surface area contributed by atoms with E-state index in [0.717, 1.165) is 0 Å². The molecule has 1 saturated heterocycles. The zero-order chi connectivity index (χ0) is 15.9. The van der Waals surface area contributed by atoms with Gasteiger partial charge >= 0.3 is 153 Å². The van der Waals surface area contributed by atoms with Gasteiger partial charge in [-0.1, -0.05) is 0 Å². The Hall–Kier alpha value is -0.400. The Morgan fingerprint density at radius 1 is 0.846 bits per heavy atom. The summed E-state index contributed by atoms with van der Waals surface area (Å²) < 4.78 is 3.74. The van der Waals surface area contributed by atoms with Crippen LogP contribution in [0.2, 0.25) is 12.1 Å². The molecule has 0 radical (unpaired) electrons. The molecule has 1 heterocycles. The van der Waals surface area contributed by atoms with E-state index in [0.29, 0.717) is 0 Å². The number of benzene rings is 2. The van der Waals surface area contributed by atoms with Crippen LogP contribution in [-0.2, 0) is 26.8 Å². The predicted octanol–water partition coefficient (Wildman–Crippen LogP) is -0.862. The van der Waals surface area contributed by atoms with Gasteiger partial charge in [0.15, 0.2) is 0 Å². The smallest absolute Gasteiger partial charge is 1.00 e. The van der Waals surface area contributed by atoms with Crippen LogP contribution in [0.5, 0.6) is 0 Å². The van der Waals surface area contributed by atoms with Gasteiger partial charge in [-0.15, -0.1) is 0 Å². The Kier molecular flexibility index (Phi) is 6.83. The summed E-state index contributed by atoms with van der Waals surface area (Å²) in [4.78, 5) is 0. The first-order valence-electron chi connectivity index (χ1n) is 9.20. The van der Waals surface area contributed by atoms with Crippen LogP contribution in [0.15, 0.2) is 64.0 Å². The van der Waals surface area contributed by atoms with Gasteiger partial charge in [-0.2, -0.15) is 0 Å². The van der Waals surface area contributed by atoms with Crippen molar-refractivity contribution in [3.05, 3.63) is 75.1 Å². The quantitative estimate of drug-likeness (QED) is 0.423. The van der Waals surface area contributed by atoms with E-state index in [2.05, 4.69) is 60.7 Å². The van der Waals surface area contributed by atoms with Gasteiger partial charge in [0.25, 0.3) is 0 Å². The van der Waals surface area contributed by atoms with E-state index in [1.165, 1.54) is 31.2 Å². The van der Waals surface area contributed by atoms with Gasteiger partial charge in [0.2, 0.25) is 0 Å². The first-order valence-corrected chi connectivity index (χ1v) is 17.3. The molecule has 2 aromatic rings. The van der Waals surface area contributed by atoms with Crippen molar-refractivity contribution in [2.45, 2.75) is 37.8 Å². The number of fused-ring (bicyclic) bond motifs is 3. The summed E-state index contributed by atoms with van der Waals surface area (Å²) in [6.07, 6.45) is 12.7. The summed E-state index contributed by atoms with van der Waals surface area (Å²) in [5.74, 6) is 0. The number of hydrogen-bond acceptors (Lipinski definition) is 0. The molecule has 2 aromatic carbocycles. The summed E-state index contributed by atoms with van der Waals surface area (Å²) in [5, 5.41) is 0. The molecular weight excluding hydrogens is 454 g/mol. The summed E-state index contributed by atoms with van der Waals surface area (Å²) in [7, 11) is 0. The molecule has 4 heteroatoms. The minimum atomic E-state index is -1.68. The third kappa shape index (κ3) is 3.51. The van der Waals surface area contributed by atoms with Crippen molar-refractivity contribution in [3.63, 3.8) is 0 Å². The average molecular weight is 477 g/mol. The van der Waals surface area contributed by atoms with Crippen LogP contribution in [0.3, 0.4) is 0 Å². The SMILES string of the molecule is C1=CC[C]([Zr+2]([c]2cccc3c2Cc2ccccc2-3)=[Si]2CCCC2)=C1.[Cl-].[Cl-]. The van der Waals surface area contributed by atoms with Crippen LogP contribution < -0.4 is 28.1 Å². The maximum Gasteiger partial charge on any atom is -1.00 e. The van der Waals surface area contributed by atoms with E-state index in [1.54, 1.807) is 28.8 Å². The van der Waals surface area contributed by atoms with Gasteiger partial charge in [0.05, 0.1) is 0 Å². The molecule has 0 aromatic heterocycles. The molecule has 0 spiro atoms. The molecule has 0 atom stereocenters. The fourth-order valence-electron chi connectivity index (χ4n) is 4.67. The van der Waals surface area contributed by atoms with Crippen LogP contribution in [0, 0.1) is 0 Å². The number of allylic oxidation sites excluding steroid dienone is 4.